The van der Waals surface area contributed by atoms with Gasteiger partial charge in [0, 0.05) is 11.9 Å². The number of nitrogens with one attached hydrogen (secondary N) is 1. The van der Waals surface area contributed by atoms with Crippen LogP contribution in [0.3, 0.4) is 0 Å². The molecule has 1 fully saturated rings. The molecule has 1 saturated heterocycles. The lowest BCUT2D eigenvalue weighted by Gasteiger charge is -2.10. The Bertz CT molecular complexity index is 374. The van der Waals surface area contributed by atoms with Gasteiger partial charge in [0.2, 0.25) is 5.91 Å². The first-order valence-corrected chi connectivity index (χ1v) is 7.99. The van der Waals surface area contributed by atoms with E-state index in [-0.39, 0.29) is 11.2 Å². The Morgan fingerprint density at radius 2 is 2.06 bits per heavy atom. The average Bonchev–Trinajstić information content (AvgIpc) is 2.90. The second-order valence-electron chi connectivity index (χ2n) is 4.17. The van der Waals surface area contributed by atoms with Crippen molar-refractivity contribution >= 4 is 33.6 Å². The second kappa shape index (κ2) is 6.45. The van der Waals surface area contributed by atoms with Crippen LogP contribution in [0.1, 0.15) is 24.0 Å². The van der Waals surface area contributed by atoms with Gasteiger partial charge in [-0.15, -0.1) is 11.8 Å². The zero-order valence-corrected chi connectivity index (χ0v) is 12.0. The molecule has 1 aromatic rings. The van der Waals surface area contributed by atoms with Crippen molar-refractivity contribution in [2.75, 3.05) is 5.75 Å². The smallest absolute Gasteiger partial charge is 0.233 e. The van der Waals surface area contributed by atoms with E-state index in [0.717, 1.165) is 23.1 Å². The van der Waals surface area contributed by atoms with E-state index in [1.54, 1.807) is 11.8 Å². The normalized spacial score (nSPS) is 19.2. The topological polar surface area (TPSA) is 29.1 Å². The third-order valence-corrected chi connectivity index (χ3v) is 4.89. The van der Waals surface area contributed by atoms with Gasteiger partial charge in [0.25, 0.3) is 0 Å². The fourth-order valence-electron chi connectivity index (χ4n) is 1.83. The highest BCUT2D eigenvalue weighted by atomic mass is 79.9. The molecule has 4 heteroatoms. The molecule has 1 unspecified atom stereocenters. The Morgan fingerprint density at radius 3 is 2.65 bits per heavy atom. The minimum atomic E-state index is 0.178. The quantitative estimate of drug-likeness (QED) is 0.865. The van der Waals surface area contributed by atoms with Crippen molar-refractivity contribution in [1.29, 1.82) is 0 Å². The van der Waals surface area contributed by atoms with E-state index in [4.69, 9.17) is 0 Å². The number of hydrogen-bond acceptors (Lipinski definition) is 2. The third kappa shape index (κ3) is 3.75. The van der Waals surface area contributed by atoms with Gasteiger partial charge in [0.15, 0.2) is 0 Å². The summed E-state index contributed by atoms with van der Waals surface area (Å²) in [6.45, 7) is 0.637. The zero-order valence-electron chi connectivity index (χ0n) is 9.62. The van der Waals surface area contributed by atoms with E-state index in [2.05, 4.69) is 45.5 Å². The molecule has 1 atom stereocenters. The number of thioether (sulfide) groups is 1. The van der Waals surface area contributed by atoms with Crippen molar-refractivity contribution in [1.82, 2.24) is 5.32 Å². The molecular weight excluding hydrogens is 298 g/mol. The SMILES string of the molecule is O=C(NCc1ccc(CBr)cc1)C1CCCS1. The average molecular weight is 314 g/mol. The molecule has 1 N–H and O–H groups in total. The largest absolute Gasteiger partial charge is 0.351 e. The van der Waals surface area contributed by atoms with E-state index in [1.807, 2.05) is 0 Å². The molecule has 0 spiro atoms. The fraction of sp³-hybridized carbons (Fsp3) is 0.462. The molecule has 0 aliphatic carbocycles. The molecule has 0 aromatic heterocycles. The van der Waals surface area contributed by atoms with Gasteiger partial charge < -0.3 is 5.32 Å². The minimum absolute atomic E-state index is 0.178. The lowest BCUT2D eigenvalue weighted by molar-refractivity contribution is -0.120. The number of halogens is 1. The first-order chi connectivity index (χ1) is 8.29. The highest BCUT2D eigenvalue weighted by Crippen LogP contribution is 2.26. The number of carbonyl (C=O) groups is 1. The van der Waals surface area contributed by atoms with Crippen molar-refractivity contribution in [2.24, 2.45) is 0 Å². The first kappa shape index (κ1) is 13.0. The van der Waals surface area contributed by atoms with Crippen LogP contribution in [0.2, 0.25) is 0 Å². The molecule has 1 aromatic carbocycles. The van der Waals surface area contributed by atoms with Gasteiger partial charge in [-0.2, -0.15) is 0 Å². The fourth-order valence-corrected chi connectivity index (χ4v) is 3.39. The molecule has 1 aliphatic rings. The predicted molar refractivity (Wildman–Crippen MR) is 76.4 cm³/mol. The van der Waals surface area contributed by atoms with E-state index in [1.165, 1.54) is 12.0 Å². The first-order valence-electron chi connectivity index (χ1n) is 5.82. The summed E-state index contributed by atoms with van der Waals surface area (Å²) in [5, 5.41) is 4.06. The number of alkyl halides is 1. The van der Waals surface area contributed by atoms with Crippen LogP contribution in [-0.4, -0.2) is 16.9 Å². The summed E-state index contributed by atoms with van der Waals surface area (Å²) in [7, 11) is 0. The van der Waals surface area contributed by atoms with Gasteiger partial charge >= 0.3 is 0 Å². The van der Waals surface area contributed by atoms with Crippen LogP contribution < -0.4 is 5.32 Å². The molecule has 1 heterocycles. The Kier molecular flexibility index (Phi) is 4.92. The number of hydrogen-bond donors (Lipinski definition) is 1. The Morgan fingerprint density at radius 1 is 1.35 bits per heavy atom. The molecule has 0 bridgehead atoms. The summed E-state index contributed by atoms with van der Waals surface area (Å²) >= 11 is 5.19. The van der Waals surface area contributed by atoms with Crippen molar-refractivity contribution in [3.8, 4) is 0 Å². The monoisotopic (exact) mass is 313 g/mol. The summed E-state index contributed by atoms with van der Waals surface area (Å²) in [6, 6.07) is 8.30. The van der Waals surface area contributed by atoms with E-state index >= 15 is 0 Å². The van der Waals surface area contributed by atoms with Crippen molar-refractivity contribution in [2.45, 2.75) is 30.0 Å². The lowest BCUT2D eigenvalue weighted by Crippen LogP contribution is -2.30. The minimum Gasteiger partial charge on any atom is -0.351 e. The van der Waals surface area contributed by atoms with Gasteiger partial charge in [-0.1, -0.05) is 40.2 Å². The second-order valence-corrected chi connectivity index (χ2v) is 6.04. The van der Waals surface area contributed by atoms with Crippen molar-refractivity contribution in [3.05, 3.63) is 35.4 Å². The molecule has 17 heavy (non-hydrogen) atoms. The van der Waals surface area contributed by atoms with Crippen LogP contribution in [0, 0.1) is 0 Å². The summed E-state index contributed by atoms with van der Waals surface area (Å²) in [5.74, 6) is 1.31. The Labute approximate surface area is 115 Å². The van der Waals surface area contributed by atoms with Crippen molar-refractivity contribution < 1.29 is 4.79 Å². The van der Waals surface area contributed by atoms with Gasteiger partial charge in [-0.05, 0) is 29.7 Å². The number of amides is 1. The van der Waals surface area contributed by atoms with Crippen LogP contribution in [0.25, 0.3) is 0 Å². The highest BCUT2D eigenvalue weighted by molar-refractivity contribution is 9.08. The van der Waals surface area contributed by atoms with Crippen LogP contribution in [-0.2, 0) is 16.7 Å². The Hall–Kier alpha value is -0.480. The standard InChI is InChI=1S/C13H16BrNOS/c14-8-10-3-5-11(6-4-10)9-15-13(16)12-2-1-7-17-12/h3-6,12H,1-2,7-9H2,(H,15,16). The summed E-state index contributed by atoms with van der Waals surface area (Å²) < 4.78 is 0. The molecule has 1 amide bonds. The van der Waals surface area contributed by atoms with Gasteiger partial charge in [-0.3, -0.25) is 4.79 Å². The van der Waals surface area contributed by atoms with Gasteiger partial charge in [0.1, 0.15) is 0 Å². The van der Waals surface area contributed by atoms with Crippen LogP contribution in [0.15, 0.2) is 24.3 Å². The third-order valence-electron chi connectivity index (χ3n) is 2.87. The highest BCUT2D eigenvalue weighted by Gasteiger charge is 2.22. The summed E-state index contributed by atoms with van der Waals surface area (Å²) in [5.41, 5.74) is 2.41. The van der Waals surface area contributed by atoms with Gasteiger partial charge in [0.05, 0.1) is 5.25 Å². The van der Waals surface area contributed by atoms with Crippen LogP contribution >= 0.6 is 27.7 Å². The maximum Gasteiger partial charge on any atom is 0.233 e. The summed E-state index contributed by atoms with van der Waals surface area (Å²) in [6.07, 6.45) is 2.20. The molecule has 0 saturated carbocycles. The van der Waals surface area contributed by atoms with E-state index < -0.39 is 0 Å². The molecule has 2 nitrogen and oxygen atoms in total. The zero-order chi connectivity index (χ0) is 12.1. The summed E-state index contributed by atoms with van der Waals surface area (Å²) in [4.78, 5) is 11.8. The number of carbonyl (C=O) groups excluding carboxylic acids is 1. The molecule has 0 radical (unpaired) electrons. The van der Waals surface area contributed by atoms with Gasteiger partial charge in [-0.25, -0.2) is 0 Å². The molecular formula is C13H16BrNOS. The molecule has 92 valence electrons. The lowest BCUT2D eigenvalue weighted by atomic mass is 10.1. The van der Waals surface area contributed by atoms with E-state index in [9.17, 15) is 4.79 Å². The maximum atomic E-state index is 11.8. The van der Waals surface area contributed by atoms with E-state index in [0.29, 0.717) is 6.54 Å². The number of rotatable bonds is 4. The van der Waals surface area contributed by atoms with Crippen molar-refractivity contribution in [3.63, 3.8) is 0 Å². The number of benzene rings is 1. The molecule has 2 rings (SSSR count). The Balaban J connectivity index is 1.82. The maximum absolute atomic E-state index is 11.8. The van der Waals surface area contributed by atoms with Crippen LogP contribution in [0.5, 0.6) is 0 Å². The van der Waals surface area contributed by atoms with Crippen LogP contribution in [0.4, 0.5) is 0 Å². The predicted octanol–water partition coefficient (Wildman–Crippen LogP) is 3.09. The molecule has 1 aliphatic heterocycles.